The van der Waals surface area contributed by atoms with Crippen molar-refractivity contribution in [2.75, 3.05) is 18.0 Å². The Hall–Kier alpha value is -3.36. The first-order chi connectivity index (χ1) is 18.4. The second-order valence-electron chi connectivity index (χ2n) is 9.80. The van der Waals surface area contributed by atoms with E-state index in [2.05, 4.69) is 84.0 Å². The minimum absolute atomic E-state index is 0.358. The van der Waals surface area contributed by atoms with Gasteiger partial charge in [-0.1, -0.05) is 55.0 Å². The average Bonchev–Trinajstić information content (AvgIpc) is 2.93. The molecule has 1 aliphatic rings. The van der Waals surface area contributed by atoms with Crippen LogP contribution >= 0.6 is 0 Å². The molecule has 0 saturated heterocycles. The van der Waals surface area contributed by atoms with Crippen LogP contribution in [0.5, 0.6) is 0 Å². The smallest absolute Gasteiger partial charge is 0.180 e. The Morgan fingerprint density at radius 2 is 2.03 bits per heavy atom. The zero-order chi connectivity index (χ0) is 27.8. The molecule has 1 atom stereocenters. The van der Waals surface area contributed by atoms with E-state index in [9.17, 15) is 0 Å². The van der Waals surface area contributed by atoms with E-state index < -0.39 is 0 Å². The average molecular weight is 516 g/mol. The molecule has 1 unspecified atom stereocenters. The molecule has 1 aromatic rings. The molecule has 4 heteroatoms. The van der Waals surface area contributed by atoms with Gasteiger partial charge in [0.2, 0.25) is 0 Å². The maximum Gasteiger partial charge on any atom is 0.180 e. The van der Waals surface area contributed by atoms with Gasteiger partial charge in [-0.3, -0.25) is 4.99 Å². The molecule has 3 nitrogen and oxygen atoms in total. The highest BCUT2D eigenvalue weighted by atomic mass is 19.1. The van der Waals surface area contributed by atoms with Crippen LogP contribution < -0.4 is 10.2 Å². The number of aryl methyl sites for hydroxylation is 1. The lowest BCUT2D eigenvalue weighted by Crippen LogP contribution is -2.23. The van der Waals surface area contributed by atoms with E-state index in [0.717, 1.165) is 49.9 Å². The number of nitrogens with one attached hydrogen (secondary N) is 1. The summed E-state index contributed by atoms with van der Waals surface area (Å²) in [4.78, 5) is 6.70. The SMILES string of the molecule is C=C(C)CCC(CCC)CNC(=C=CC)/C(F)=C(N=CC)/C(=C\C)CCc1cccc(N2C=CC=CC2)c1. The standard InChI is InChI=1S/C34H46FN3/c1-7-15-29(20-19-27(5)6)26-37-32(16-8-2)33(35)34(36-10-4)30(9-3)22-21-28-17-14-18-31(25-28)38-23-12-11-13-24-38/h8-14,17-18,23,25,29,37H,5,7,15,19-22,24,26H2,1-4,6H3/b30-9-,34-33+,36-10?. The Bertz CT molecular complexity index is 1130. The molecule has 1 aromatic carbocycles. The van der Waals surface area contributed by atoms with Gasteiger partial charge in [-0.25, -0.2) is 4.39 Å². The van der Waals surface area contributed by atoms with Gasteiger partial charge >= 0.3 is 0 Å². The molecule has 2 rings (SSSR count). The van der Waals surface area contributed by atoms with E-state index in [1.165, 1.54) is 11.1 Å². The van der Waals surface area contributed by atoms with Gasteiger partial charge < -0.3 is 10.2 Å². The van der Waals surface area contributed by atoms with Crippen LogP contribution in [-0.2, 0) is 6.42 Å². The van der Waals surface area contributed by atoms with E-state index in [1.54, 1.807) is 12.3 Å². The Labute approximate surface area is 230 Å². The second-order valence-corrected chi connectivity index (χ2v) is 9.80. The Balaban J connectivity index is 2.22. The van der Waals surface area contributed by atoms with Gasteiger partial charge in [0.1, 0.15) is 11.4 Å². The third-order valence-electron chi connectivity index (χ3n) is 6.61. The highest BCUT2D eigenvalue weighted by molar-refractivity contribution is 5.58. The third-order valence-corrected chi connectivity index (χ3v) is 6.61. The predicted octanol–water partition coefficient (Wildman–Crippen LogP) is 9.15. The van der Waals surface area contributed by atoms with Crippen LogP contribution in [0.25, 0.3) is 0 Å². The fraction of sp³-hybridized carbons (Fsp3) is 0.412. The Kier molecular flexibility index (Phi) is 14.0. The van der Waals surface area contributed by atoms with Gasteiger partial charge in [-0.05, 0) is 101 Å². The summed E-state index contributed by atoms with van der Waals surface area (Å²) in [7, 11) is 0. The molecule has 1 N–H and O–H groups in total. The lowest BCUT2D eigenvalue weighted by Gasteiger charge is -2.21. The van der Waals surface area contributed by atoms with Crippen molar-refractivity contribution in [3.8, 4) is 0 Å². The number of nitrogens with zero attached hydrogens (tertiary/aromatic N) is 2. The number of hydrogen-bond donors (Lipinski definition) is 1. The van der Waals surface area contributed by atoms with Crippen molar-refractivity contribution in [1.82, 2.24) is 5.32 Å². The minimum atomic E-state index is -0.358. The number of halogens is 1. The summed E-state index contributed by atoms with van der Waals surface area (Å²) in [6.07, 6.45) is 19.5. The molecule has 0 fully saturated rings. The minimum Gasteiger partial charge on any atom is -0.376 e. The summed E-state index contributed by atoms with van der Waals surface area (Å²) in [5.41, 5.74) is 8.29. The molecule has 1 aliphatic heterocycles. The normalized spacial score (nSPS) is 14.8. The molecule has 38 heavy (non-hydrogen) atoms. The van der Waals surface area contributed by atoms with Crippen molar-refractivity contribution in [2.24, 2.45) is 10.9 Å². The maximum absolute atomic E-state index is 16.0. The maximum atomic E-state index is 16.0. The summed E-state index contributed by atoms with van der Waals surface area (Å²) in [6.45, 7) is 15.5. The number of rotatable bonds is 15. The van der Waals surface area contributed by atoms with Crippen molar-refractivity contribution in [3.05, 3.63) is 107 Å². The van der Waals surface area contributed by atoms with Crippen LogP contribution in [0.4, 0.5) is 10.1 Å². The summed E-state index contributed by atoms with van der Waals surface area (Å²) >= 11 is 0. The molecule has 204 valence electrons. The molecular formula is C34H46FN3. The van der Waals surface area contributed by atoms with Gasteiger partial charge in [0, 0.05) is 31.2 Å². The third kappa shape index (κ3) is 10.2. The largest absolute Gasteiger partial charge is 0.376 e. The van der Waals surface area contributed by atoms with Crippen LogP contribution in [-0.4, -0.2) is 19.3 Å². The van der Waals surface area contributed by atoms with Crippen LogP contribution in [0, 0.1) is 5.92 Å². The highest BCUT2D eigenvalue weighted by Gasteiger charge is 2.17. The monoisotopic (exact) mass is 515 g/mol. The summed E-state index contributed by atoms with van der Waals surface area (Å²) in [5.74, 6) is 0.0958. The molecule has 0 radical (unpaired) electrons. The van der Waals surface area contributed by atoms with Crippen LogP contribution in [0.3, 0.4) is 0 Å². The lowest BCUT2D eigenvalue weighted by atomic mass is 9.95. The number of hydrogen-bond acceptors (Lipinski definition) is 3. The molecule has 1 heterocycles. The summed E-state index contributed by atoms with van der Waals surface area (Å²) in [5, 5.41) is 3.36. The fourth-order valence-corrected chi connectivity index (χ4v) is 4.55. The summed E-state index contributed by atoms with van der Waals surface area (Å²) < 4.78 is 16.0. The molecule has 0 aromatic heterocycles. The Morgan fingerprint density at radius 3 is 2.66 bits per heavy atom. The van der Waals surface area contributed by atoms with Crippen molar-refractivity contribution >= 4 is 11.9 Å². The summed E-state index contributed by atoms with van der Waals surface area (Å²) in [6, 6.07) is 8.56. The molecule has 0 spiro atoms. The van der Waals surface area contributed by atoms with E-state index in [-0.39, 0.29) is 5.83 Å². The predicted molar refractivity (Wildman–Crippen MR) is 164 cm³/mol. The van der Waals surface area contributed by atoms with Crippen LogP contribution in [0.2, 0.25) is 0 Å². The first-order valence-electron chi connectivity index (χ1n) is 14.0. The van der Waals surface area contributed by atoms with Crippen molar-refractivity contribution in [1.29, 1.82) is 0 Å². The molecule has 0 bridgehead atoms. The van der Waals surface area contributed by atoms with Crippen LogP contribution in [0.1, 0.15) is 72.3 Å². The van der Waals surface area contributed by atoms with Gasteiger partial charge in [-0.2, -0.15) is 0 Å². The first kappa shape index (κ1) is 30.9. The quantitative estimate of drug-likeness (QED) is 0.109. The van der Waals surface area contributed by atoms with Crippen molar-refractivity contribution in [2.45, 2.75) is 73.1 Å². The van der Waals surface area contributed by atoms with Crippen LogP contribution in [0.15, 0.2) is 107 Å². The molecule has 0 aliphatic carbocycles. The first-order valence-corrected chi connectivity index (χ1v) is 14.0. The van der Waals surface area contributed by atoms with Crippen molar-refractivity contribution < 1.29 is 4.39 Å². The lowest BCUT2D eigenvalue weighted by molar-refractivity contribution is 0.426. The second kappa shape index (κ2) is 17.2. The number of allylic oxidation sites excluding steroid dienone is 6. The van der Waals surface area contributed by atoms with Gasteiger partial charge in [0.25, 0.3) is 0 Å². The highest BCUT2D eigenvalue weighted by Crippen LogP contribution is 2.27. The number of aliphatic imine (C=N–C) groups is 1. The zero-order valence-corrected chi connectivity index (χ0v) is 24.1. The zero-order valence-electron chi connectivity index (χ0n) is 24.1. The van der Waals surface area contributed by atoms with E-state index in [0.29, 0.717) is 30.3 Å². The topological polar surface area (TPSA) is 27.6 Å². The molecular weight excluding hydrogens is 469 g/mol. The van der Waals surface area contributed by atoms with E-state index in [1.807, 2.05) is 32.9 Å². The van der Waals surface area contributed by atoms with E-state index in [4.69, 9.17) is 0 Å². The molecule has 0 saturated carbocycles. The van der Waals surface area contributed by atoms with Crippen molar-refractivity contribution in [3.63, 3.8) is 0 Å². The van der Waals surface area contributed by atoms with Gasteiger partial charge in [0.05, 0.1) is 0 Å². The van der Waals surface area contributed by atoms with E-state index >= 15 is 4.39 Å². The van der Waals surface area contributed by atoms with Gasteiger partial charge in [-0.15, -0.1) is 6.58 Å². The Morgan fingerprint density at radius 1 is 1.21 bits per heavy atom. The number of anilines is 1. The van der Waals surface area contributed by atoms with Gasteiger partial charge in [0.15, 0.2) is 5.83 Å². The fourth-order valence-electron chi connectivity index (χ4n) is 4.55. The number of benzene rings is 1. The molecule has 0 amide bonds.